The van der Waals surface area contributed by atoms with Crippen LogP contribution in [0.2, 0.25) is 0 Å². The van der Waals surface area contributed by atoms with Crippen molar-refractivity contribution < 1.29 is 9.53 Å². The summed E-state index contributed by atoms with van der Waals surface area (Å²) in [4.78, 5) is 26.0. The number of amides is 1. The Kier molecular flexibility index (Phi) is 4.84. The number of nitrogens with zero attached hydrogens (tertiary/aromatic N) is 4. The molecule has 0 unspecified atom stereocenters. The average molecular weight is 352 g/mol. The van der Waals surface area contributed by atoms with Crippen LogP contribution in [0.3, 0.4) is 0 Å². The van der Waals surface area contributed by atoms with Gasteiger partial charge in [-0.3, -0.25) is 4.79 Å². The third-order valence-corrected chi connectivity index (χ3v) is 5.10. The molecule has 2 fully saturated rings. The van der Waals surface area contributed by atoms with Crippen LogP contribution in [0.4, 0.5) is 5.82 Å². The summed E-state index contributed by atoms with van der Waals surface area (Å²) in [6.45, 7) is 6.49. The van der Waals surface area contributed by atoms with Crippen LogP contribution in [0, 0.1) is 6.92 Å². The fourth-order valence-electron chi connectivity index (χ4n) is 3.62. The first-order valence-electron chi connectivity index (χ1n) is 9.23. The second-order valence-electron chi connectivity index (χ2n) is 6.90. The number of rotatable bonds is 3. The Labute approximate surface area is 153 Å². The van der Waals surface area contributed by atoms with E-state index in [1.807, 2.05) is 42.2 Å². The topological polar surface area (TPSA) is 58.6 Å². The molecule has 0 aliphatic carbocycles. The minimum Gasteiger partial charge on any atom is -0.381 e. The van der Waals surface area contributed by atoms with E-state index in [2.05, 4.69) is 20.9 Å². The Morgan fingerprint density at radius 3 is 2.58 bits per heavy atom. The molecule has 1 amide bonds. The highest BCUT2D eigenvalue weighted by atomic mass is 16.5. The zero-order valence-corrected chi connectivity index (χ0v) is 15.1. The number of carbonyl (C=O) groups is 1. The lowest BCUT2D eigenvalue weighted by Gasteiger charge is -2.35. The van der Waals surface area contributed by atoms with Crippen molar-refractivity contribution in [2.45, 2.75) is 19.3 Å². The Morgan fingerprint density at radius 1 is 1.12 bits per heavy atom. The molecule has 0 radical (unpaired) electrons. The van der Waals surface area contributed by atoms with Crippen LogP contribution in [-0.4, -0.2) is 60.2 Å². The van der Waals surface area contributed by atoms with Gasteiger partial charge in [-0.2, -0.15) is 0 Å². The normalized spacial score (nSPS) is 20.4. The molecule has 0 spiro atoms. The van der Waals surface area contributed by atoms with Crippen molar-refractivity contribution in [1.82, 2.24) is 14.9 Å². The molecule has 2 saturated heterocycles. The second kappa shape index (κ2) is 7.41. The van der Waals surface area contributed by atoms with Gasteiger partial charge in [-0.05, 0) is 25.5 Å². The summed E-state index contributed by atoms with van der Waals surface area (Å²) in [6.07, 6.45) is 1.02. The van der Waals surface area contributed by atoms with Crippen LogP contribution in [0.25, 0.3) is 0 Å². The molecule has 6 heteroatoms. The smallest absolute Gasteiger partial charge is 0.253 e. The van der Waals surface area contributed by atoms with Crippen molar-refractivity contribution in [1.29, 1.82) is 0 Å². The molecule has 1 aromatic carbocycles. The summed E-state index contributed by atoms with van der Waals surface area (Å²) in [5, 5.41) is 0. The molecular formula is C20H24N4O2. The molecule has 2 aliphatic heterocycles. The Balaban J connectivity index is 1.44. The van der Waals surface area contributed by atoms with Crippen LogP contribution >= 0.6 is 0 Å². The van der Waals surface area contributed by atoms with E-state index in [4.69, 9.17) is 4.74 Å². The largest absolute Gasteiger partial charge is 0.381 e. The lowest BCUT2D eigenvalue weighted by molar-refractivity contribution is 0.0746. The van der Waals surface area contributed by atoms with Crippen LogP contribution in [0.1, 0.15) is 34.2 Å². The van der Waals surface area contributed by atoms with Crippen LogP contribution < -0.4 is 4.90 Å². The molecule has 3 heterocycles. The third-order valence-electron chi connectivity index (χ3n) is 5.10. The predicted octanol–water partition coefficient (Wildman–Crippen LogP) is 2.25. The van der Waals surface area contributed by atoms with Gasteiger partial charge in [0.15, 0.2) is 0 Å². The summed E-state index contributed by atoms with van der Waals surface area (Å²) in [5.74, 6) is 2.24. The molecular weight excluding hydrogens is 328 g/mol. The maximum atomic E-state index is 12.6. The number of carbonyl (C=O) groups excluding carboxylic acids is 1. The average Bonchev–Trinajstić information content (AvgIpc) is 3.23. The zero-order chi connectivity index (χ0) is 17.9. The number of anilines is 1. The van der Waals surface area contributed by atoms with E-state index in [9.17, 15) is 4.79 Å². The van der Waals surface area contributed by atoms with E-state index in [1.165, 1.54) is 0 Å². The monoisotopic (exact) mass is 352 g/mol. The van der Waals surface area contributed by atoms with Crippen LogP contribution in [-0.2, 0) is 4.74 Å². The van der Waals surface area contributed by atoms with Gasteiger partial charge in [-0.1, -0.05) is 18.2 Å². The summed E-state index contributed by atoms with van der Waals surface area (Å²) in [5.41, 5.74) is 1.83. The van der Waals surface area contributed by atoms with Crippen molar-refractivity contribution in [3.63, 3.8) is 0 Å². The molecule has 26 heavy (non-hydrogen) atoms. The molecule has 0 bridgehead atoms. The molecule has 0 saturated carbocycles. The first kappa shape index (κ1) is 17.0. The van der Waals surface area contributed by atoms with Crippen molar-refractivity contribution in [2.75, 3.05) is 44.3 Å². The van der Waals surface area contributed by atoms with E-state index in [0.717, 1.165) is 55.6 Å². The lowest BCUT2D eigenvalue weighted by atomic mass is 10.0. The second-order valence-corrected chi connectivity index (χ2v) is 6.90. The highest BCUT2D eigenvalue weighted by Gasteiger charge is 2.25. The van der Waals surface area contributed by atoms with Crippen molar-refractivity contribution in [2.24, 2.45) is 0 Å². The van der Waals surface area contributed by atoms with Gasteiger partial charge in [0, 0.05) is 50.3 Å². The number of benzene rings is 1. The number of aromatic nitrogens is 2. The maximum absolute atomic E-state index is 12.6. The third kappa shape index (κ3) is 3.55. The number of ether oxygens (including phenoxy) is 1. The van der Waals surface area contributed by atoms with Gasteiger partial charge in [0.05, 0.1) is 12.3 Å². The van der Waals surface area contributed by atoms with Gasteiger partial charge >= 0.3 is 0 Å². The van der Waals surface area contributed by atoms with E-state index in [0.29, 0.717) is 19.0 Å². The zero-order valence-electron chi connectivity index (χ0n) is 15.1. The molecule has 136 valence electrons. The van der Waals surface area contributed by atoms with Crippen molar-refractivity contribution >= 4 is 11.7 Å². The fraction of sp³-hybridized carbons (Fsp3) is 0.450. The SMILES string of the molecule is Cc1nc([C@H]2CCOC2)cc(N2CCN(C(=O)c3ccccc3)CC2)n1. The quantitative estimate of drug-likeness (QED) is 0.848. The van der Waals surface area contributed by atoms with Crippen molar-refractivity contribution in [3.05, 3.63) is 53.5 Å². The molecule has 0 N–H and O–H groups in total. The molecule has 6 nitrogen and oxygen atoms in total. The minimum absolute atomic E-state index is 0.105. The van der Waals surface area contributed by atoms with Gasteiger partial charge < -0.3 is 14.5 Å². The van der Waals surface area contributed by atoms with Gasteiger partial charge in [0.2, 0.25) is 0 Å². The fourth-order valence-corrected chi connectivity index (χ4v) is 3.62. The Morgan fingerprint density at radius 2 is 1.88 bits per heavy atom. The highest BCUT2D eigenvalue weighted by molar-refractivity contribution is 5.94. The number of hydrogen-bond donors (Lipinski definition) is 0. The number of aryl methyl sites for hydroxylation is 1. The van der Waals surface area contributed by atoms with E-state index in [1.54, 1.807) is 0 Å². The molecule has 1 aromatic heterocycles. The van der Waals surface area contributed by atoms with Gasteiger partial charge in [0.25, 0.3) is 5.91 Å². The predicted molar refractivity (Wildman–Crippen MR) is 99.5 cm³/mol. The Hall–Kier alpha value is -2.47. The standard InChI is InChI=1S/C20H24N4O2/c1-15-21-18(17-7-12-26-14-17)13-19(22-15)23-8-10-24(11-9-23)20(25)16-5-3-2-4-6-16/h2-6,13,17H,7-12,14H2,1H3/t17-/m0/s1. The molecule has 2 aromatic rings. The summed E-state index contributed by atoms with van der Waals surface area (Å²) < 4.78 is 5.50. The first-order chi connectivity index (χ1) is 12.7. The van der Waals surface area contributed by atoms with E-state index >= 15 is 0 Å². The van der Waals surface area contributed by atoms with Gasteiger partial charge in [-0.15, -0.1) is 0 Å². The van der Waals surface area contributed by atoms with Gasteiger partial charge in [-0.25, -0.2) is 9.97 Å². The number of piperazine rings is 1. The first-order valence-corrected chi connectivity index (χ1v) is 9.23. The maximum Gasteiger partial charge on any atom is 0.253 e. The van der Waals surface area contributed by atoms with Crippen LogP contribution in [0.15, 0.2) is 36.4 Å². The minimum atomic E-state index is 0.105. The van der Waals surface area contributed by atoms with Crippen molar-refractivity contribution in [3.8, 4) is 0 Å². The Bertz CT molecular complexity index is 767. The van der Waals surface area contributed by atoms with Gasteiger partial charge in [0.1, 0.15) is 11.6 Å². The summed E-state index contributed by atoms with van der Waals surface area (Å²) in [6, 6.07) is 11.6. The molecule has 2 aliphatic rings. The number of hydrogen-bond acceptors (Lipinski definition) is 5. The lowest BCUT2D eigenvalue weighted by Crippen LogP contribution is -2.49. The molecule has 4 rings (SSSR count). The van der Waals surface area contributed by atoms with Crippen LogP contribution in [0.5, 0.6) is 0 Å². The van der Waals surface area contributed by atoms with E-state index < -0.39 is 0 Å². The highest BCUT2D eigenvalue weighted by Crippen LogP contribution is 2.26. The van der Waals surface area contributed by atoms with E-state index in [-0.39, 0.29) is 5.91 Å². The molecule has 1 atom stereocenters. The summed E-state index contributed by atoms with van der Waals surface area (Å²) >= 11 is 0. The summed E-state index contributed by atoms with van der Waals surface area (Å²) in [7, 11) is 0.